The van der Waals surface area contributed by atoms with Crippen molar-refractivity contribution in [2.24, 2.45) is 0 Å². The lowest BCUT2D eigenvalue weighted by molar-refractivity contribution is 0.477. The highest BCUT2D eigenvalue weighted by Gasteiger charge is 2.24. The zero-order valence-corrected chi connectivity index (χ0v) is 34.3. The molecule has 4 heteroatoms. The predicted molar refractivity (Wildman–Crippen MR) is 244 cm³/mol. The number of para-hydroxylation sites is 2. The number of hydrogen-bond acceptors (Lipinski definition) is 3. The van der Waals surface area contributed by atoms with Crippen molar-refractivity contribution in [3.63, 3.8) is 0 Å². The van der Waals surface area contributed by atoms with E-state index in [1.807, 2.05) is 62.4 Å². The van der Waals surface area contributed by atoms with Crippen molar-refractivity contribution in [2.75, 3.05) is 0 Å². The van der Waals surface area contributed by atoms with Crippen LogP contribution in [0.25, 0.3) is 72.7 Å². The van der Waals surface area contributed by atoms with Crippen LogP contribution in [0.3, 0.4) is 0 Å². The van der Waals surface area contributed by atoms with Gasteiger partial charge in [0.2, 0.25) is 0 Å². The maximum absolute atomic E-state index is 11.4. The molecule has 0 amide bonds. The molecule has 1 N–H and O–H groups in total. The maximum Gasteiger partial charge on any atom is 0.149 e. The highest BCUT2D eigenvalue weighted by molar-refractivity contribution is 5.97. The Hall–Kier alpha value is -6.26. The quantitative estimate of drug-likeness (QED) is 0.176. The van der Waals surface area contributed by atoms with E-state index < -0.39 is 42.5 Å². The van der Waals surface area contributed by atoms with Crippen LogP contribution in [-0.2, 0) is 10.8 Å². The van der Waals surface area contributed by atoms with Crippen LogP contribution in [0.1, 0.15) is 94.5 Å². The molecule has 0 aliphatic carbocycles. The van der Waals surface area contributed by atoms with Gasteiger partial charge in [0, 0.05) is 28.4 Å². The summed E-state index contributed by atoms with van der Waals surface area (Å²) in [5, 5.41) is 11.4. The number of nitrogens with zero attached hydrogens (tertiary/aromatic N) is 3. The number of aromatic nitrogens is 3. The van der Waals surface area contributed by atoms with Crippen molar-refractivity contribution in [3.8, 4) is 67.5 Å². The minimum atomic E-state index is -2.82. The van der Waals surface area contributed by atoms with E-state index in [1.54, 1.807) is 30.5 Å². The number of rotatable bonds is 7. The number of pyridine rings is 1. The van der Waals surface area contributed by atoms with E-state index in [0.717, 1.165) is 50.1 Å². The smallest absolute Gasteiger partial charge is 0.149 e. The Morgan fingerprint density at radius 2 is 1.34 bits per heavy atom. The SMILES string of the molecule is [2H]c1c([2H])c(C([2H])([2H])[2H])c([2H])c([2H])c1-c1ccnc(-c2cc(-c3cccc4c3nc(-c3ccccc3O)n4-c3ccc(C([2H])(C)C)cc3-c3ccc(C(C)(C)C)cc3)cc(C(C)(C)C)c2)c1. The van der Waals surface area contributed by atoms with Crippen molar-refractivity contribution < 1.29 is 16.1 Å². The first kappa shape index (κ1) is 29.9. The minimum Gasteiger partial charge on any atom is -0.507 e. The molecule has 0 aliphatic heterocycles. The van der Waals surface area contributed by atoms with Gasteiger partial charge in [0.1, 0.15) is 11.6 Å². The van der Waals surface area contributed by atoms with Gasteiger partial charge in [-0.15, -0.1) is 0 Å². The fraction of sp³-hybridized carbons (Fsp3) is 0.222. The zero-order chi connectivity index (χ0) is 47.8. The number of aromatic hydroxyl groups is 1. The summed E-state index contributed by atoms with van der Waals surface area (Å²) in [6.45, 7) is 13.9. The van der Waals surface area contributed by atoms with Crippen LogP contribution < -0.4 is 0 Å². The summed E-state index contributed by atoms with van der Waals surface area (Å²) in [6, 6.07) is 35.4. The van der Waals surface area contributed by atoms with Gasteiger partial charge in [0.15, 0.2) is 0 Å². The van der Waals surface area contributed by atoms with Crippen molar-refractivity contribution in [2.45, 2.75) is 79.0 Å². The lowest BCUT2D eigenvalue weighted by atomic mass is 9.83. The van der Waals surface area contributed by atoms with Crippen LogP contribution in [0.4, 0.5) is 0 Å². The normalized spacial score (nSPS) is 14.5. The molecule has 0 saturated heterocycles. The summed E-state index contributed by atoms with van der Waals surface area (Å²) in [4.78, 5) is 10.1. The number of hydrogen-bond donors (Lipinski definition) is 1. The predicted octanol–water partition coefficient (Wildman–Crippen LogP) is 14.5. The molecule has 0 saturated carbocycles. The first-order valence-corrected chi connectivity index (χ1v) is 19.6. The highest BCUT2D eigenvalue weighted by Crippen LogP contribution is 2.42. The molecule has 8 rings (SSSR count). The first-order valence-electron chi connectivity index (χ1n) is 23.6. The van der Waals surface area contributed by atoms with Gasteiger partial charge in [-0.3, -0.25) is 9.55 Å². The van der Waals surface area contributed by atoms with Crippen molar-refractivity contribution in [1.29, 1.82) is 0 Å². The van der Waals surface area contributed by atoms with E-state index in [9.17, 15) is 5.11 Å². The third-order valence-corrected chi connectivity index (χ3v) is 10.8. The van der Waals surface area contributed by atoms with Gasteiger partial charge < -0.3 is 5.11 Å². The fourth-order valence-electron chi connectivity index (χ4n) is 7.41. The number of phenolic OH excluding ortho intramolecular Hbond substituents is 1. The summed E-state index contributed by atoms with van der Waals surface area (Å²) < 4.78 is 69.4. The van der Waals surface area contributed by atoms with Crippen LogP contribution in [0.15, 0.2) is 146 Å². The van der Waals surface area contributed by atoms with Crippen LogP contribution in [0, 0.1) is 6.85 Å². The molecule has 0 bridgehead atoms. The number of benzene rings is 6. The van der Waals surface area contributed by atoms with E-state index in [1.165, 1.54) is 5.56 Å². The second-order valence-electron chi connectivity index (χ2n) is 17.2. The van der Waals surface area contributed by atoms with E-state index >= 15 is 0 Å². The molecule has 2 heterocycles. The second kappa shape index (κ2) is 14.9. The minimum absolute atomic E-state index is 0.00955. The third-order valence-electron chi connectivity index (χ3n) is 10.8. The van der Waals surface area contributed by atoms with Gasteiger partial charge in [-0.25, -0.2) is 4.98 Å². The van der Waals surface area contributed by atoms with Gasteiger partial charge in [-0.1, -0.05) is 146 Å². The monoisotopic (exact) mass is 767 g/mol. The Morgan fingerprint density at radius 3 is 2.03 bits per heavy atom. The first-order chi connectivity index (χ1) is 30.8. The Balaban J connectivity index is 1.37. The molecule has 0 radical (unpaired) electrons. The Morgan fingerprint density at radius 1 is 0.638 bits per heavy atom. The number of fused-ring (bicyclic) bond motifs is 1. The van der Waals surface area contributed by atoms with E-state index in [2.05, 4.69) is 88.6 Å². The zero-order valence-electron chi connectivity index (χ0n) is 42.3. The Labute approximate surface area is 355 Å². The summed E-state index contributed by atoms with van der Waals surface area (Å²) in [5.41, 5.74) is 10.1. The Kier molecular flexibility index (Phi) is 7.69. The van der Waals surface area contributed by atoms with Crippen molar-refractivity contribution >= 4 is 11.0 Å². The maximum atomic E-state index is 11.4. The van der Waals surface area contributed by atoms with E-state index in [0.29, 0.717) is 28.2 Å². The average molecular weight is 768 g/mol. The standard InChI is InChI=1S/C54H53N3O/c1-34(2)38-23-26-48(46(32-38)37-21-24-42(25-22-37)53(4,5)6)57-49-15-12-14-44(51(49)56-52(57)45-13-10-11-16-50(45)58)40-29-41(31-43(30-40)54(7,8)9)47-33-39(27-28-55-47)36-19-17-35(3)18-20-36/h10-34,58H,1-9H3/i3D3,17D,18D,19D,20D,34D. The molecule has 4 nitrogen and oxygen atoms in total. The van der Waals surface area contributed by atoms with E-state index in [-0.39, 0.29) is 22.1 Å². The van der Waals surface area contributed by atoms with Crippen molar-refractivity contribution in [3.05, 3.63) is 168 Å². The molecule has 290 valence electrons. The summed E-state index contributed by atoms with van der Waals surface area (Å²) in [6.07, 6.45) is 1.56. The molecule has 2 aromatic heterocycles. The van der Waals surface area contributed by atoms with Gasteiger partial charge in [0.05, 0.1) is 33.5 Å². The van der Waals surface area contributed by atoms with Crippen LogP contribution in [0.5, 0.6) is 5.75 Å². The van der Waals surface area contributed by atoms with Crippen LogP contribution in [-0.4, -0.2) is 19.6 Å². The summed E-state index contributed by atoms with van der Waals surface area (Å²) >= 11 is 0. The average Bonchev–Trinajstić information content (AvgIpc) is 3.64. The molecule has 0 aliphatic rings. The van der Waals surface area contributed by atoms with Gasteiger partial charge in [0.25, 0.3) is 0 Å². The molecule has 6 aromatic carbocycles. The van der Waals surface area contributed by atoms with Gasteiger partial charge >= 0.3 is 0 Å². The topological polar surface area (TPSA) is 50.9 Å². The molecule has 0 unspecified atom stereocenters. The lowest BCUT2D eigenvalue weighted by Crippen LogP contribution is -2.11. The van der Waals surface area contributed by atoms with Crippen LogP contribution >= 0.6 is 0 Å². The third kappa shape index (κ3) is 7.47. The van der Waals surface area contributed by atoms with Gasteiger partial charge in [-0.05, 0) is 117 Å². The molecular formula is C54H53N3O. The molecule has 58 heavy (non-hydrogen) atoms. The second-order valence-corrected chi connectivity index (χ2v) is 17.2. The number of phenols is 1. The largest absolute Gasteiger partial charge is 0.507 e. The van der Waals surface area contributed by atoms with Crippen molar-refractivity contribution in [1.82, 2.24) is 14.5 Å². The molecular weight excluding hydrogens is 707 g/mol. The number of imidazole rings is 1. The summed E-state index contributed by atoms with van der Waals surface area (Å²) in [5.74, 6) is -0.264. The fourth-order valence-corrected chi connectivity index (χ4v) is 7.41. The van der Waals surface area contributed by atoms with Gasteiger partial charge in [-0.2, -0.15) is 0 Å². The lowest BCUT2D eigenvalue weighted by Gasteiger charge is -2.22. The highest BCUT2D eigenvalue weighted by atomic mass is 16.3. The van der Waals surface area contributed by atoms with Crippen LogP contribution in [0.2, 0.25) is 0 Å². The van der Waals surface area contributed by atoms with E-state index in [4.69, 9.17) is 20.9 Å². The molecule has 0 fully saturated rings. The molecule has 8 aromatic rings. The molecule has 0 atom stereocenters. The Bertz CT molecular complexity index is 3160. The molecule has 0 spiro atoms. The summed E-state index contributed by atoms with van der Waals surface area (Å²) in [7, 11) is 0.